The lowest BCUT2D eigenvalue weighted by molar-refractivity contribution is -0.158. The van der Waals surface area contributed by atoms with E-state index in [9.17, 15) is 14.7 Å². The predicted molar refractivity (Wildman–Crippen MR) is 100 cm³/mol. The molecule has 0 spiro atoms. The summed E-state index contributed by atoms with van der Waals surface area (Å²) >= 11 is 0. The maximum atomic E-state index is 12.5. The molecule has 4 heteroatoms. The topological polar surface area (TPSA) is 63.6 Å². The van der Waals surface area contributed by atoms with Crippen molar-refractivity contribution in [3.63, 3.8) is 0 Å². The number of carboxylic acids is 1. The summed E-state index contributed by atoms with van der Waals surface area (Å²) in [4.78, 5) is 23.7. The van der Waals surface area contributed by atoms with E-state index < -0.39 is 5.97 Å². The van der Waals surface area contributed by atoms with Gasteiger partial charge in [0.1, 0.15) is 6.10 Å². The highest BCUT2D eigenvalue weighted by atomic mass is 16.5. The molecule has 0 heterocycles. The Morgan fingerprint density at radius 1 is 0.960 bits per heavy atom. The number of unbranched alkanes of at least 4 members (excludes halogenated alkanes) is 2. The Morgan fingerprint density at radius 3 is 2.20 bits per heavy atom. The monoisotopic (exact) mass is 354 g/mol. The molecular formula is C21H38O4. The summed E-state index contributed by atoms with van der Waals surface area (Å²) in [6.07, 6.45) is 9.29. The Morgan fingerprint density at radius 2 is 1.60 bits per heavy atom. The number of ether oxygens (including phenoxy) is 1. The molecule has 1 fully saturated rings. The van der Waals surface area contributed by atoms with E-state index in [4.69, 9.17) is 4.74 Å². The van der Waals surface area contributed by atoms with Gasteiger partial charge in [-0.2, -0.15) is 0 Å². The summed E-state index contributed by atoms with van der Waals surface area (Å²) in [6, 6.07) is 0. The fourth-order valence-electron chi connectivity index (χ4n) is 3.74. The normalized spacial score (nSPS) is 22.2. The van der Waals surface area contributed by atoms with Crippen LogP contribution >= 0.6 is 0 Å². The molecule has 25 heavy (non-hydrogen) atoms. The summed E-state index contributed by atoms with van der Waals surface area (Å²) in [7, 11) is 0. The second-order valence-corrected chi connectivity index (χ2v) is 8.62. The molecule has 1 rings (SSSR count). The molecular weight excluding hydrogens is 316 g/mol. The average molecular weight is 355 g/mol. The van der Waals surface area contributed by atoms with E-state index in [0.717, 1.165) is 38.0 Å². The molecule has 4 nitrogen and oxygen atoms in total. The fraction of sp³-hybridized carbons (Fsp3) is 0.905. The number of carbonyl (C=O) groups excluding carboxylic acids is 1. The molecule has 0 radical (unpaired) electrons. The Kier molecular flexibility index (Phi) is 10.1. The van der Waals surface area contributed by atoms with Gasteiger partial charge in [0.15, 0.2) is 0 Å². The van der Waals surface area contributed by atoms with Gasteiger partial charge in [-0.15, -0.1) is 0 Å². The smallest absolute Gasteiger partial charge is 0.309 e. The van der Waals surface area contributed by atoms with Crippen molar-refractivity contribution in [3.8, 4) is 0 Å². The van der Waals surface area contributed by atoms with E-state index in [1.807, 2.05) is 0 Å². The van der Waals surface area contributed by atoms with Crippen LogP contribution in [0, 0.1) is 23.7 Å². The number of esters is 1. The van der Waals surface area contributed by atoms with E-state index >= 15 is 0 Å². The molecule has 1 N–H and O–H groups in total. The van der Waals surface area contributed by atoms with Crippen molar-refractivity contribution in [2.75, 3.05) is 0 Å². The van der Waals surface area contributed by atoms with E-state index in [1.54, 1.807) is 0 Å². The van der Waals surface area contributed by atoms with Gasteiger partial charge in [0, 0.05) is 0 Å². The Bertz CT molecular complexity index is 403. The molecule has 0 bridgehead atoms. The molecule has 146 valence electrons. The van der Waals surface area contributed by atoms with Gasteiger partial charge in [0.05, 0.1) is 11.8 Å². The highest BCUT2D eigenvalue weighted by Gasteiger charge is 2.33. The van der Waals surface area contributed by atoms with Gasteiger partial charge in [0.2, 0.25) is 0 Å². The molecule has 0 aromatic rings. The summed E-state index contributed by atoms with van der Waals surface area (Å²) in [5.41, 5.74) is 0. The lowest BCUT2D eigenvalue weighted by Gasteiger charge is -2.28. The number of aliphatic carboxylic acids is 1. The third-order valence-corrected chi connectivity index (χ3v) is 5.18. The Labute approximate surface area is 153 Å². The van der Waals surface area contributed by atoms with Gasteiger partial charge < -0.3 is 9.84 Å². The van der Waals surface area contributed by atoms with Crippen LogP contribution in [0.2, 0.25) is 0 Å². The van der Waals surface area contributed by atoms with Crippen LogP contribution in [-0.4, -0.2) is 23.1 Å². The van der Waals surface area contributed by atoms with Gasteiger partial charge in [0.25, 0.3) is 0 Å². The molecule has 1 aliphatic carbocycles. The molecule has 3 atom stereocenters. The van der Waals surface area contributed by atoms with Crippen molar-refractivity contribution in [3.05, 3.63) is 0 Å². The summed E-state index contributed by atoms with van der Waals surface area (Å²) in [6.45, 7) is 8.80. The van der Waals surface area contributed by atoms with Crippen LogP contribution < -0.4 is 0 Å². The number of rotatable bonds is 11. The standard InChI is InChI=1S/C21H38O4/c1-15(2)9-6-5-7-12-19(13-16(3)4)25-21(24)18-11-8-10-17(14-18)20(22)23/h15-19H,5-14H2,1-4H3,(H,22,23). The summed E-state index contributed by atoms with van der Waals surface area (Å²) < 4.78 is 5.82. The quantitative estimate of drug-likeness (QED) is 0.396. The summed E-state index contributed by atoms with van der Waals surface area (Å²) in [5, 5.41) is 9.19. The van der Waals surface area contributed by atoms with Crippen LogP contribution in [-0.2, 0) is 14.3 Å². The maximum Gasteiger partial charge on any atom is 0.309 e. The molecule has 0 saturated heterocycles. The van der Waals surface area contributed by atoms with E-state index in [-0.39, 0.29) is 23.9 Å². The van der Waals surface area contributed by atoms with Crippen molar-refractivity contribution in [2.45, 2.75) is 98.0 Å². The molecule has 0 aromatic heterocycles. The van der Waals surface area contributed by atoms with Gasteiger partial charge >= 0.3 is 11.9 Å². The maximum absolute atomic E-state index is 12.5. The first-order valence-electron chi connectivity index (χ1n) is 10.2. The molecule has 0 amide bonds. The van der Waals surface area contributed by atoms with Crippen LogP contribution in [0.15, 0.2) is 0 Å². The van der Waals surface area contributed by atoms with Crippen molar-refractivity contribution < 1.29 is 19.4 Å². The van der Waals surface area contributed by atoms with Crippen LogP contribution in [0.25, 0.3) is 0 Å². The predicted octanol–water partition coefficient (Wildman–Crippen LogP) is 5.44. The number of hydrogen-bond donors (Lipinski definition) is 1. The first-order chi connectivity index (χ1) is 11.8. The lowest BCUT2D eigenvalue weighted by Crippen LogP contribution is -2.31. The second kappa shape index (κ2) is 11.5. The first kappa shape index (κ1) is 22.0. The zero-order valence-corrected chi connectivity index (χ0v) is 16.6. The molecule has 1 aliphatic rings. The second-order valence-electron chi connectivity index (χ2n) is 8.62. The Balaban J connectivity index is 2.44. The lowest BCUT2D eigenvalue weighted by atomic mass is 9.81. The Hall–Kier alpha value is -1.06. The third-order valence-electron chi connectivity index (χ3n) is 5.18. The van der Waals surface area contributed by atoms with Crippen LogP contribution in [0.3, 0.4) is 0 Å². The number of carbonyl (C=O) groups is 2. The van der Waals surface area contributed by atoms with Gasteiger partial charge in [-0.3, -0.25) is 9.59 Å². The SMILES string of the molecule is CC(C)CCCCCC(CC(C)C)OC(=O)C1CCCC(C(=O)O)C1. The fourth-order valence-corrected chi connectivity index (χ4v) is 3.74. The molecule has 0 aromatic carbocycles. The largest absolute Gasteiger partial charge is 0.481 e. The van der Waals surface area contributed by atoms with Crippen LogP contribution in [0.4, 0.5) is 0 Å². The third kappa shape index (κ3) is 9.27. The molecule has 1 saturated carbocycles. The van der Waals surface area contributed by atoms with Gasteiger partial charge in [-0.25, -0.2) is 0 Å². The highest BCUT2D eigenvalue weighted by Crippen LogP contribution is 2.31. The number of carboxylic acid groups (broad SMARTS) is 1. The van der Waals surface area contributed by atoms with E-state index in [2.05, 4.69) is 27.7 Å². The van der Waals surface area contributed by atoms with Gasteiger partial charge in [-0.1, -0.05) is 53.4 Å². The molecule has 0 aliphatic heterocycles. The van der Waals surface area contributed by atoms with Crippen molar-refractivity contribution in [2.24, 2.45) is 23.7 Å². The number of hydrogen-bond acceptors (Lipinski definition) is 3. The van der Waals surface area contributed by atoms with Crippen molar-refractivity contribution in [1.82, 2.24) is 0 Å². The van der Waals surface area contributed by atoms with Crippen LogP contribution in [0.1, 0.15) is 91.9 Å². The van der Waals surface area contributed by atoms with Crippen molar-refractivity contribution in [1.29, 1.82) is 0 Å². The van der Waals surface area contributed by atoms with Crippen molar-refractivity contribution >= 4 is 11.9 Å². The minimum atomic E-state index is -0.776. The zero-order chi connectivity index (χ0) is 18.8. The van der Waals surface area contributed by atoms with Gasteiger partial charge in [-0.05, 0) is 50.4 Å². The highest BCUT2D eigenvalue weighted by molar-refractivity contribution is 5.75. The first-order valence-corrected chi connectivity index (χ1v) is 10.2. The van der Waals surface area contributed by atoms with E-state index in [0.29, 0.717) is 18.8 Å². The minimum absolute atomic E-state index is 0.0169. The zero-order valence-electron chi connectivity index (χ0n) is 16.6. The van der Waals surface area contributed by atoms with Crippen LogP contribution in [0.5, 0.6) is 0 Å². The average Bonchev–Trinajstić information content (AvgIpc) is 2.53. The summed E-state index contributed by atoms with van der Waals surface area (Å²) in [5.74, 6) is -0.319. The minimum Gasteiger partial charge on any atom is -0.481 e. The molecule has 3 unspecified atom stereocenters. The van der Waals surface area contributed by atoms with E-state index in [1.165, 1.54) is 19.3 Å².